The molecule has 3 rings (SSSR count). The minimum Gasteiger partial charge on any atom is -0.481 e. The van der Waals surface area contributed by atoms with Gasteiger partial charge in [0.05, 0.1) is 6.54 Å². The number of carbonyl (C=O) groups is 1. The van der Waals surface area contributed by atoms with E-state index in [-0.39, 0.29) is 18.3 Å². The average molecular weight is 355 g/mol. The molecule has 1 amide bonds. The number of halogens is 1. The molecule has 1 heterocycles. The maximum Gasteiger partial charge on any atom is 0.263 e. The van der Waals surface area contributed by atoms with Gasteiger partial charge in [-0.25, -0.2) is 4.39 Å². The summed E-state index contributed by atoms with van der Waals surface area (Å²) in [7, 11) is 1.62. The Morgan fingerprint density at radius 2 is 1.88 bits per heavy atom. The van der Waals surface area contributed by atoms with Crippen LogP contribution in [0, 0.1) is 5.82 Å². The molecular weight excluding hydrogens is 337 g/mol. The Morgan fingerprint density at radius 3 is 2.58 bits per heavy atom. The third-order valence-electron chi connectivity index (χ3n) is 3.72. The van der Waals surface area contributed by atoms with Crippen molar-refractivity contribution in [3.63, 3.8) is 0 Å². The second-order valence-corrected chi connectivity index (χ2v) is 5.79. The van der Waals surface area contributed by atoms with Crippen LogP contribution in [0.25, 0.3) is 11.4 Å². The Labute approximate surface area is 150 Å². The van der Waals surface area contributed by atoms with Crippen LogP contribution in [-0.4, -0.2) is 34.1 Å². The first-order valence-electron chi connectivity index (χ1n) is 8.08. The number of aromatic nitrogens is 2. The van der Waals surface area contributed by atoms with Crippen LogP contribution in [0.3, 0.4) is 0 Å². The third kappa shape index (κ3) is 4.24. The predicted molar refractivity (Wildman–Crippen MR) is 92.7 cm³/mol. The van der Waals surface area contributed by atoms with E-state index in [9.17, 15) is 9.18 Å². The second kappa shape index (κ2) is 7.77. The first kappa shape index (κ1) is 17.6. The van der Waals surface area contributed by atoms with Crippen LogP contribution < -0.4 is 4.74 Å². The fraction of sp³-hybridized carbons (Fsp3) is 0.211. The molecular formula is C19H18FN3O3. The SMILES string of the molecule is C[C@H](Oc1ccc(F)cc1)C(=O)N(C)Cc1nc(-c2ccccc2)no1. The van der Waals surface area contributed by atoms with E-state index in [0.717, 1.165) is 5.56 Å². The highest BCUT2D eigenvalue weighted by Gasteiger charge is 2.21. The van der Waals surface area contributed by atoms with Gasteiger partial charge >= 0.3 is 0 Å². The molecule has 0 aliphatic heterocycles. The molecule has 0 unspecified atom stereocenters. The summed E-state index contributed by atoms with van der Waals surface area (Å²) in [5, 5.41) is 3.93. The van der Waals surface area contributed by atoms with E-state index in [2.05, 4.69) is 10.1 Å². The van der Waals surface area contributed by atoms with E-state index in [1.54, 1.807) is 14.0 Å². The van der Waals surface area contributed by atoms with Gasteiger partial charge in [-0.05, 0) is 31.2 Å². The number of benzene rings is 2. The van der Waals surface area contributed by atoms with E-state index >= 15 is 0 Å². The lowest BCUT2D eigenvalue weighted by molar-refractivity contribution is -0.137. The van der Waals surface area contributed by atoms with Crippen molar-refractivity contribution in [3.8, 4) is 17.1 Å². The summed E-state index contributed by atoms with van der Waals surface area (Å²) in [6.45, 7) is 1.79. The molecule has 0 aliphatic carbocycles. The standard InChI is InChI=1S/C19H18FN3O3/c1-13(25-16-10-8-15(20)9-11-16)19(24)23(2)12-17-21-18(22-26-17)14-6-4-3-5-7-14/h3-11,13H,12H2,1-2H3/t13-/m0/s1. The van der Waals surface area contributed by atoms with Gasteiger partial charge in [-0.2, -0.15) is 4.98 Å². The predicted octanol–water partition coefficient (Wildman–Crippen LogP) is 3.30. The summed E-state index contributed by atoms with van der Waals surface area (Å²) in [6.07, 6.45) is -0.734. The summed E-state index contributed by atoms with van der Waals surface area (Å²) < 4.78 is 23.7. The average Bonchev–Trinajstić information content (AvgIpc) is 3.12. The van der Waals surface area contributed by atoms with Crippen LogP contribution in [0.4, 0.5) is 4.39 Å². The smallest absolute Gasteiger partial charge is 0.263 e. The van der Waals surface area contributed by atoms with Gasteiger partial charge in [-0.1, -0.05) is 35.5 Å². The van der Waals surface area contributed by atoms with Crippen molar-refractivity contribution < 1.29 is 18.4 Å². The number of ether oxygens (including phenoxy) is 1. The van der Waals surface area contributed by atoms with Crippen molar-refractivity contribution in [3.05, 3.63) is 66.3 Å². The van der Waals surface area contributed by atoms with Crippen molar-refractivity contribution in [2.75, 3.05) is 7.05 Å². The lowest BCUT2D eigenvalue weighted by atomic mass is 10.2. The van der Waals surface area contributed by atoms with Crippen molar-refractivity contribution in [1.29, 1.82) is 0 Å². The van der Waals surface area contributed by atoms with Gasteiger partial charge in [0.1, 0.15) is 11.6 Å². The summed E-state index contributed by atoms with van der Waals surface area (Å²) in [4.78, 5) is 18.2. The fourth-order valence-electron chi connectivity index (χ4n) is 2.38. The highest BCUT2D eigenvalue weighted by atomic mass is 19.1. The van der Waals surface area contributed by atoms with E-state index in [1.807, 2.05) is 30.3 Å². The Morgan fingerprint density at radius 1 is 1.19 bits per heavy atom. The van der Waals surface area contributed by atoms with E-state index in [4.69, 9.17) is 9.26 Å². The number of nitrogens with zero attached hydrogens (tertiary/aromatic N) is 3. The summed E-state index contributed by atoms with van der Waals surface area (Å²) in [6, 6.07) is 14.9. The largest absolute Gasteiger partial charge is 0.481 e. The normalized spacial score (nSPS) is 11.8. The molecule has 0 fully saturated rings. The molecule has 0 spiro atoms. The van der Waals surface area contributed by atoms with E-state index in [0.29, 0.717) is 17.5 Å². The van der Waals surface area contributed by atoms with Crippen molar-refractivity contribution in [2.24, 2.45) is 0 Å². The van der Waals surface area contributed by atoms with Gasteiger partial charge in [-0.15, -0.1) is 0 Å². The lowest BCUT2D eigenvalue weighted by Crippen LogP contribution is -2.37. The zero-order valence-corrected chi connectivity index (χ0v) is 14.4. The van der Waals surface area contributed by atoms with E-state index < -0.39 is 6.10 Å². The Balaban J connectivity index is 1.60. The number of amides is 1. The molecule has 0 N–H and O–H groups in total. The Bertz CT molecular complexity index is 865. The Kier molecular flexibility index (Phi) is 5.26. The van der Waals surface area contributed by atoms with Gasteiger partial charge in [0.2, 0.25) is 11.7 Å². The van der Waals surface area contributed by atoms with Crippen LogP contribution in [0.1, 0.15) is 12.8 Å². The summed E-state index contributed by atoms with van der Waals surface area (Å²) >= 11 is 0. The number of rotatable bonds is 6. The maximum atomic E-state index is 12.9. The molecule has 134 valence electrons. The van der Waals surface area contributed by atoms with Gasteiger partial charge in [0.15, 0.2) is 6.10 Å². The lowest BCUT2D eigenvalue weighted by Gasteiger charge is -2.20. The van der Waals surface area contributed by atoms with Gasteiger partial charge in [0.25, 0.3) is 5.91 Å². The van der Waals surface area contributed by atoms with Gasteiger partial charge < -0.3 is 14.2 Å². The molecule has 0 bridgehead atoms. The zero-order valence-electron chi connectivity index (χ0n) is 14.4. The van der Waals surface area contributed by atoms with Crippen LogP contribution in [-0.2, 0) is 11.3 Å². The fourth-order valence-corrected chi connectivity index (χ4v) is 2.38. The van der Waals surface area contributed by atoms with Crippen LogP contribution >= 0.6 is 0 Å². The van der Waals surface area contributed by atoms with Gasteiger partial charge in [-0.3, -0.25) is 4.79 Å². The first-order chi connectivity index (χ1) is 12.5. The van der Waals surface area contributed by atoms with E-state index in [1.165, 1.54) is 29.2 Å². The summed E-state index contributed by atoms with van der Waals surface area (Å²) in [5.74, 6) is 0.600. The van der Waals surface area contributed by atoms with Crippen LogP contribution in [0.2, 0.25) is 0 Å². The minimum atomic E-state index is -0.734. The molecule has 6 nitrogen and oxygen atoms in total. The topological polar surface area (TPSA) is 68.5 Å². The molecule has 7 heteroatoms. The number of hydrogen-bond acceptors (Lipinski definition) is 5. The quantitative estimate of drug-likeness (QED) is 0.679. The molecule has 1 atom stereocenters. The molecule has 0 radical (unpaired) electrons. The van der Waals surface area contributed by atoms with Crippen LogP contribution in [0.5, 0.6) is 5.75 Å². The molecule has 2 aromatic carbocycles. The molecule has 0 aliphatic rings. The molecule has 1 aromatic heterocycles. The number of carbonyl (C=O) groups excluding carboxylic acids is 1. The number of hydrogen-bond donors (Lipinski definition) is 0. The molecule has 0 saturated carbocycles. The van der Waals surface area contributed by atoms with Crippen molar-refractivity contribution in [2.45, 2.75) is 19.6 Å². The molecule has 26 heavy (non-hydrogen) atoms. The summed E-state index contributed by atoms with van der Waals surface area (Å²) in [5.41, 5.74) is 0.837. The third-order valence-corrected chi connectivity index (χ3v) is 3.72. The monoisotopic (exact) mass is 355 g/mol. The molecule has 0 saturated heterocycles. The maximum absolute atomic E-state index is 12.9. The highest BCUT2D eigenvalue weighted by molar-refractivity contribution is 5.80. The Hall–Kier alpha value is -3.22. The van der Waals surface area contributed by atoms with Crippen LogP contribution in [0.15, 0.2) is 59.1 Å². The minimum absolute atomic E-state index is 0.162. The number of likely N-dealkylation sites (N-methyl/N-ethyl adjacent to an activating group) is 1. The molecule has 3 aromatic rings. The zero-order chi connectivity index (χ0) is 18.5. The first-order valence-corrected chi connectivity index (χ1v) is 8.08. The highest BCUT2D eigenvalue weighted by Crippen LogP contribution is 2.17. The van der Waals surface area contributed by atoms with Gasteiger partial charge in [0, 0.05) is 12.6 Å². The van der Waals surface area contributed by atoms with Crippen molar-refractivity contribution in [1.82, 2.24) is 15.0 Å². The second-order valence-electron chi connectivity index (χ2n) is 5.79. The van der Waals surface area contributed by atoms with Crippen molar-refractivity contribution >= 4 is 5.91 Å².